The highest BCUT2D eigenvalue weighted by Crippen LogP contribution is 2.32. The van der Waals surface area contributed by atoms with Gasteiger partial charge in [0.1, 0.15) is 16.9 Å². The zero-order valence-electron chi connectivity index (χ0n) is 24.0. The highest BCUT2D eigenvalue weighted by atomic mass is 16.6. The average molecular weight is 553 g/mol. The minimum absolute atomic E-state index is 0.0880. The molecule has 0 bridgehead atoms. The summed E-state index contributed by atoms with van der Waals surface area (Å²) in [5.41, 5.74) is 1.40. The predicted molar refractivity (Wildman–Crippen MR) is 154 cm³/mol. The number of carbonyl (C=O) groups excluding carboxylic acids is 3. The number of para-hydroxylation sites is 1. The molecule has 2 atom stereocenters. The zero-order chi connectivity index (χ0) is 29.5. The SMILES string of the molecule is CC(C)(C)OC(=O)NCCC(O)[C@H](CNC(=O)c1[nH]c2ccccc2c1-c1ccccc1)NC(=O)OC(C)(C)C. The Morgan fingerprint density at radius 1 is 0.850 bits per heavy atom. The van der Waals surface area contributed by atoms with Crippen LogP contribution in [0, 0.1) is 0 Å². The third kappa shape index (κ3) is 9.01. The van der Waals surface area contributed by atoms with Crippen molar-refractivity contribution in [2.24, 2.45) is 0 Å². The number of aromatic nitrogens is 1. The van der Waals surface area contributed by atoms with Crippen molar-refractivity contribution in [3.05, 3.63) is 60.3 Å². The summed E-state index contributed by atoms with van der Waals surface area (Å²) < 4.78 is 10.6. The Morgan fingerprint density at radius 3 is 2.10 bits per heavy atom. The summed E-state index contributed by atoms with van der Waals surface area (Å²) in [6.07, 6.45) is -2.37. The molecule has 0 aliphatic carbocycles. The molecule has 5 N–H and O–H groups in total. The molecular weight excluding hydrogens is 512 g/mol. The number of rotatable bonds is 9. The third-order valence-electron chi connectivity index (χ3n) is 5.75. The zero-order valence-corrected chi connectivity index (χ0v) is 24.0. The molecule has 10 heteroatoms. The van der Waals surface area contributed by atoms with E-state index in [4.69, 9.17) is 9.47 Å². The highest BCUT2D eigenvalue weighted by Gasteiger charge is 2.27. The third-order valence-corrected chi connectivity index (χ3v) is 5.75. The van der Waals surface area contributed by atoms with Crippen LogP contribution >= 0.6 is 0 Å². The van der Waals surface area contributed by atoms with Gasteiger partial charge in [-0.25, -0.2) is 9.59 Å². The molecule has 2 aromatic carbocycles. The number of aliphatic hydroxyl groups excluding tert-OH is 1. The molecule has 40 heavy (non-hydrogen) atoms. The fourth-order valence-corrected chi connectivity index (χ4v) is 4.09. The van der Waals surface area contributed by atoms with Crippen LogP contribution in [0.4, 0.5) is 9.59 Å². The molecule has 0 fully saturated rings. The van der Waals surface area contributed by atoms with Gasteiger partial charge in [-0.05, 0) is 59.6 Å². The molecule has 1 aromatic heterocycles. The number of aromatic amines is 1. The van der Waals surface area contributed by atoms with Crippen molar-refractivity contribution in [1.29, 1.82) is 0 Å². The molecule has 0 aliphatic heterocycles. The molecule has 0 aliphatic rings. The summed E-state index contributed by atoms with van der Waals surface area (Å²) in [6.45, 7) is 10.4. The fourth-order valence-electron chi connectivity index (χ4n) is 4.09. The number of fused-ring (bicyclic) bond motifs is 1. The number of carbonyl (C=O) groups is 3. The minimum Gasteiger partial charge on any atom is -0.444 e. The number of hydrogen-bond donors (Lipinski definition) is 5. The van der Waals surface area contributed by atoms with E-state index in [-0.39, 0.29) is 19.5 Å². The van der Waals surface area contributed by atoms with Gasteiger partial charge in [0, 0.05) is 29.6 Å². The van der Waals surface area contributed by atoms with E-state index in [1.807, 2.05) is 54.6 Å². The Hall–Kier alpha value is -4.05. The lowest BCUT2D eigenvalue weighted by atomic mass is 10.0. The first-order valence-electron chi connectivity index (χ1n) is 13.3. The van der Waals surface area contributed by atoms with Gasteiger partial charge < -0.3 is 35.5 Å². The first-order valence-corrected chi connectivity index (χ1v) is 13.3. The molecule has 3 amide bonds. The van der Waals surface area contributed by atoms with Gasteiger partial charge in [-0.2, -0.15) is 0 Å². The molecule has 0 saturated carbocycles. The van der Waals surface area contributed by atoms with E-state index in [0.29, 0.717) is 5.69 Å². The lowest BCUT2D eigenvalue weighted by molar-refractivity contribution is 0.0393. The second-order valence-electron chi connectivity index (χ2n) is 11.5. The number of aliphatic hydroxyl groups is 1. The van der Waals surface area contributed by atoms with Crippen LogP contribution < -0.4 is 16.0 Å². The smallest absolute Gasteiger partial charge is 0.408 e. The van der Waals surface area contributed by atoms with Gasteiger partial charge in [0.25, 0.3) is 5.91 Å². The van der Waals surface area contributed by atoms with Crippen molar-refractivity contribution < 1.29 is 29.0 Å². The molecular formula is C30H40N4O6. The van der Waals surface area contributed by atoms with E-state index in [0.717, 1.165) is 22.0 Å². The van der Waals surface area contributed by atoms with Crippen molar-refractivity contribution in [3.63, 3.8) is 0 Å². The van der Waals surface area contributed by atoms with Crippen LogP contribution in [0.2, 0.25) is 0 Å². The lowest BCUT2D eigenvalue weighted by Crippen LogP contribution is -2.52. The quantitative estimate of drug-likeness (QED) is 0.260. The van der Waals surface area contributed by atoms with Crippen LogP contribution in [-0.2, 0) is 9.47 Å². The molecule has 0 spiro atoms. The Balaban J connectivity index is 1.75. The number of H-pyrrole nitrogens is 1. The van der Waals surface area contributed by atoms with Gasteiger partial charge in [0.15, 0.2) is 0 Å². The Bertz CT molecular complexity index is 1310. The largest absolute Gasteiger partial charge is 0.444 e. The number of nitrogens with one attached hydrogen (secondary N) is 4. The minimum atomic E-state index is -1.11. The predicted octanol–water partition coefficient (Wildman–Crippen LogP) is 4.73. The van der Waals surface area contributed by atoms with E-state index in [2.05, 4.69) is 20.9 Å². The maximum absolute atomic E-state index is 13.4. The average Bonchev–Trinajstić information content (AvgIpc) is 3.24. The normalized spacial score (nSPS) is 13.3. The number of amides is 3. The first-order chi connectivity index (χ1) is 18.7. The molecule has 216 valence electrons. The number of ether oxygens (including phenoxy) is 2. The summed E-state index contributed by atoms with van der Waals surface area (Å²) in [5.74, 6) is -0.398. The van der Waals surface area contributed by atoms with Crippen molar-refractivity contribution in [1.82, 2.24) is 20.9 Å². The molecule has 3 aromatic rings. The maximum atomic E-state index is 13.4. The maximum Gasteiger partial charge on any atom is 0.408 e. The van der Waals surface area contributed by atoms with Crippen molar-refractivity contribution >= 4 is 29.0 Å². The van der Waals surface area contributed by atoms with Gasteiger partial charge in [-0.1, -0.05) is 48.5 Å². The molecule has 0 radical (unpaired) electrons. The van der Waals surface area contributed by atoms with Crippen molar-refractivity contribution in [3.8, 4) is 11.1 Å². The van der Waals surface area contributed by atoms with Crippen LogP contribution in [0.1, 0.15) is 58.5 Å². The van der Waals surface area contributed by atoms with Gasteiger partial charge in [0.2, 0.25) is 0 Å². The topological polar surface area (TPSA) is 142 Å². The monoisotopic (exact) mass is 552 g/mol. The summed E-state index contributed by atoms with van der Waals surface area (Å²) in [5, 5.41) is 19.9. The van der Waals surface area contributed by atoms with Crippen LogP contribution in [0.5, 0.6) is 0 Å². The molecule has 1 unspecified atom stereocenters. The Morgan fingerprint density at radius 2 is 1.45 bits per heavy atom. The summed E-state index contributed by atoms with van der Waals surface area (Å²) >= 11 is 0. The van der Waals surface area contributed by atoms with E-state index in [1.165, 1.54) is 0 Å². The van der Waals surface area contributed by atoms with E-state index >= 15 is 0 Å². The molecule has 10 nitrogen and oxygen atoms in total. The van der Waals surface area contributed by atoms with Crippen LogP contribution in [0.3, 0.4) is 0 Å². The number of hydrogen-bond acceptors (Lipinski definition) is 6. The number of alkyl carbamates (subject to hydrolysis) is 2. The summed E-state index contributed by atoms with van der Waals surface area (Å²) in [6, 6.07) is 16.3. The van der Waals surface area contributed by atoms with Crippen molar-refractivity contribution in [2.45, 2.75) is 71.3 Å². The Kier molecular flexibility index (Phi) is 9.81. The van der Waals surface area contributed by atoms with Gasteiger partial charge in [-0.3, -0.25) is 4.79 Å². The van der Waals surface area contributed by atoms with Gasteiger partial charge in [0.05, 0.1) is 12.1 Å². The number of benzene rings is 2. The second-order valence-corrected chi connectivity index (χ2v) is 11.5. The van der Waals surface area contributed by atoms with E-state index in [1.54, 1.807) is 41.5 Å². The lowest BCUT2D eigenvalue weighted by Gasteiger charge is -2.27. The van der Waals surface area contributed by atoms with Gasteiger partial charge >= 0.3 is 12.2 Å². The fraction of sp³-hybridized carbons (Fsp3) is 0.433. The van der Waals surface area contributed by atoms with Crippen LogP contribution in [-0.4, -0.2) is 64.6 Å². The van der Waals surface area contributed by atoms with E-state index in [9.17, 15) is 19.5 Å². The molecule has 1 heterocycles. The standard InChI is InChI=1S/C30H40N4O6/c1-29(2,3)39-27(37)31-17-16-23(35)22(34-28(38)40-30(4,5)6)18-32-26(36)25-24(19-12-8-7-9-13-19)20-14-10-11-15-21(20)33-25/h7-15,22-23,33,35H,16-18H2,1-6H3,(H,31,37)(H,32,36)(H,34,38)/t22-,23?/m0/s1. The highest BCUT2D eigenvalue weighted by molar-refractivity contribution is 6.09. The van der Waals surface area contributed by atoms with E-state index < -0.39 is 41.4 Å². The first kappa shape index (κ1) is 30.5. The summed E-state index contributed by atoms with van der Waals surface area (Å²) in [7, 11) is 0. The van der Waals surface area contributed by atoms with Crippen LogP contribution in [0.25, 0.3) is 22.0 Å². The van der Waals surface area contributed by atoms with Crippen molar-refractivity contribution in [2.75, 3.05) is 13.1 Å². The Labute approximate surface area is 234 Å². The summed E-state index contributed by atoms with van der Waals surface area (Å²) in [4.78, 5) is 41.2. The molecule has 3 rings (SSSR count). The molecule has 0 saturated heterocycles. The van der Waals surface area contributed by atoms with Gasteiger partial charge in [-0.15, -0.1) is 0 Å². The van der Waals surface area contributed by atoms with Crippen LogP contribution in [0.15, 0.2) is 54.6 Å². The second kappa shape index (κ2) is 12.9.